The Morgan fingerprint density at radius 2 is 2.30 bits per heavy atom. The van der Waals surface area contributed by atoms with Crippen molar-refractivity contribution in [3.8, 4) is 0 Å². The van der Waals surface area contributed by atoms with Crippen molar-refractivity contribution in [3.63, 3.8) is 0 Å². The minimum Gasteiger partial charge on any atom is -0.396 e. The molecule has 1 aliphatic rings. The number of hydrogen-bond donors (Lipinski definition) is 1. The topological polar surface area (TPSA) is 37.3 Å². The van der Waals surface area contributed by atoms with E-state index in [9.17, 15) is 4.79 Å². The van der Waals surface area contributed by atoms with Gasteiger partial charge in [0.25, 0.3) is 0 Å². The quantitative estimate of drug-likeness (QED) is 0.634. The first-order valence-electron chi connectivity index (χ1n) is 3.81. The monoisotopic (exact) mass is 142 g/mol. The number of rotatable bonds is 3. The first kappa shape index (κ1) is 7.73. The predicted molar refractivity (Wildman–Crippen MR) is 38.5 cm³/mol. The molecule has 1 rings (SSSR count). The van der Waals surface area contributed by atoms with Crippen LogP contribution in [0.5, 0.6) is 0 Å². The van der Waals surface area contributed by atoms with E-state index in [1.807, 2.05) is 13.8 Å². The molecule has 0 aromatic carbocycles. The van der Waals surface area contributed by atoms with E-state index in [2.05, 4.69) is 0 Å². The zero-order chi connectivity index (χ0) is 7.72. The van der Waals surface area contributed by atoms with Gasteiger partial charge in [0.05, 0.1) is 0 Å². The smallest absolute Gasteiger partial charge is 0.138 e. The van der Waals surface area contributed by atoms with Crippen LogP contribution in [0.1, 0.15) is 20.3 Å². The molecule has 1 aliphatic carbocycles. The van der Waals surface area contributed by atoms with Gasteiger partial charge < -0.3 is 5.11 Å². The van der Waals surface area contributed by atoms with Gasteiger partial charge in [0.1, 0.15) is 5.78 Å². The zero-order valence-corrected chi connectivity index (χ0v) is 6.50. The van der Waals surface area contributed by atoms with Crippen molar-refractivity contribution >= 4 is 5.78 Å². The Morgan fingerprint density at radius 1 is 1.70 bits per heavy atom. The normalized spacial score (nSPS) is 30.8. The molecule has 0 radical (unpaired) electrons. The van der Waals surface area contributed by atoms with Gasteiger partial charge in [0.15, 0.2) is 0 Å². The van der Waals surface area contributed by atoms with E-state index in [1.165, 1.54) is 0 Å². The summed E-state index contributed by atoms with van der Waals surface area (Å²) >= 11 is 0. The van der Waals surface area contributed by atoms with Crippen molar-refractivity contribution in [1.29, 1.82) is 0 Å². The molecule has 1 fully saturated rings. The van der Waals surface area contributed by atoms with Crippen LogP contribution in [0.3, 0.4) is 0 Å². The minimum absolute atomic E-state index is 0.140. The van der Waals surface area contributed by atoms with Gasteiger partial charge in [-0.05, 0) is 12.3 Å². The molecule has 0 aromatic heterocycles. The van der Waals surface area contributed by atoms with E-state index in [0.29, 0.717) is 5.78 Å². The number of aliphatic hydroxyl groups is 1. The second-order valence-electron chi connectivity index (χ2n) is 3.34. The molecule has 10 heavy (non-hydrogen) atoms. The number of aliphatic hydroxyl groups excluding tert-OH is 1. The Kier molecular flexibility index (Phi) is 2.09. The number of hydrogen-bond acceptors (Lipinski definition) is 2. The van der Waals surface area contributed by atoms with Crippen LogP contribution in [0.4, 0.5) is 0 Å². The van der Waals surface area contributed by atoms with Gasteiger partial charge in [0.2, 0.25) is 0 Å². The fourth-order valence-electron chi connectivity index (χ4n) is 1.23. The van der Waals surface area contributed by atoms with Crippen molar-refractivity contribution in [1.82, 2.24) is 0 Å². The van der Waals surface area contributed by atoms with Crippen LogP contribution in [0, 0.1) is 17.8 Å². The van der Waals surface area contributed by atoms with E-state index in [-0.39, 0.29) is 24.4 Å². The fraction of sp³-hybridized carbons (Fsp3) is 0.875. The van der Waals surface area contributed by atoms with Crippen molar-refractivity contribution in [3.05, 3.63) is 0 Å². The Morgan fingerprint density at radius 3 is 2.60 bits per heavy atom. The Balaban J connectivity index is 2.33. The lowest BCUT2D eigenvalue weighted by Crippen LogP contribution is -2.11. The Hall–Kier alpha value is -0.370. The van der Waals surface area contributed by atoms with Crippen molar-refractivity contribution < 1.29 is 9.90 Å². The lowest BCUT2D eigenvalue weighted by Gasteiger charge is -2.00. The highest BCUT2D eigenvalue weighted by Crippen LogP contribution is 2.40. The summed E-state index contributed by atoms with van der Waals surface area (Å²) in [7, 11) is 0. The number of carbonyl (C=O) groups excluding carboxylic acids is 1. The number of carbonyl (C=O) groups is 1. The van der Waals surface area contributed by atoms with E-state index in [1.54, 1.807) is 0 Å². The van der Waals surface area contributed by atoms with Gasteiger partial charge in [-0.2, -0.15) is 0 Å². The molecule has 0 amide bonds. The summed E-state index contributed by atoms with van der Waals surface area (Å²) in [6.07, 6.45) is 0.910. The highest BCUT2D eigenvalue weighted by atomic mass is 16.3. The summed E-state index contributed by atoms with van der Waals surface area (Å²) in [5.41, 5.74) is 0. The average molecular weight is 142 g/mol. The lowest BCUT2D eigenvalue weighted by molar-refractivity contribution is -0.123. The summed E-state index contributed by atoms with van der Waals surface area (Å²) < 4.78 is 0. The molecule has 1 N–H and O–H groups in total. The molecule has 2 heteroatoms. The van der Waals surface area contributed by atoms with Crippen LogP contribution >= 0.6 is 0 Å². The van der Waals surface area contributed by atoms with Gasteiger partial charge in [0, 0.05) is 18.4 Å². The SMILES string of the molecule is CC(C)C(=O)[C@H]1C[C@@H]1CO. The largest absolute Gasteiger partial charge is 0.396 e. The molecule has 0 aliphatic heterocycles. The van der Waals surface area contributed by atoms with Crippen LogP contribution in [0.25, 0.3) is 0 Å². The predicted octanol–water partition coefficient (Wildman–Crippen LogP) is 0.840. The third-order valence-electron chi connectivity index (χ3n) is 2.09. The molecule has 1 saturated carbocycles. The van der Waals surface area contributed by atoms with Crippen LogP contribution < -0.4 is 0 Å². The second kappa shape index (κ2) is 2.70. The van der Waals surface area contributed by atoms with E-state index in [4.69, 9.17) is 5.11 Å². The summed E-state index contributed by atoms with van der Waals surface area (Å²) in [6, 6.07) is 0. The van der Waals surface area contributed by atoms with Gasteiger partial charge in [-0.15, -0.1) is 0 Å². The van der Waals surface area contributed by atoms with E-state index in [0.717, 1.165) is 6.42 Å². The van der Waals surface area contributed by atoms with Gasteiger partial charge in [-0.3, -0.25) is 4.79 Å². The van der Waals surface area contributed by atoms with Gasteiger partial charge in [-0.1, -0.05) is 13.8 Å². The number of Topliss-reactive ketones (excluding diaryl/α,β-unsaturated/α-hetero) is 1. The van der Waals surface area contributed by atoms with Crippen molar-refractivity contribution in [2.45, 2.75) is 20.3 Å². The molecule has 0 bridgehead atoms. The molecule has 0 heterocycles. The molecular formula is C8H14O2. The summed E-state index contributed by atoms with van der Waals surface area (Å²) in [6.45, 7) is 4.01. The molecule has 0 spiro atoms. The van der Waals surface area contributed by atoms with Crippen LogP contribution in [0.2, 0.25) is 0 Å². The standard InChI is InChI=1S/C8H14O2/c1-5(2)8(10)7-3-6(7)4-9/h5-7,9H,3-4H2,1-2H3/t6-,7+/m1/s1. The van der Waals surface area contributed by atoms with Crippen molar-refractivity contribution in [2.24, 2.45) is 17.8 Å². The highest BCUT2D eigenvalue weighted by molar-refractivity contribution is 5.85. The molecule has 0 unspecified atom stereocenters. The molecule has 58 valence electrons. The van der Waals surface area contributed by atoms with Gasteiger partial charge >= 0.3 is 0 Å². The average Bonchev–Trinajstić information content (AvgIpc) is 2.64. The molecular weight excluding hydrogens is 128 g/mol. The highest BCUT2D eigenvalue weighted by Gasteiger charge is 2.42. The van der Waals surface area contributed by atoms with E-state index >= 15 is 0 Å². The summed E-state index contributed by atoms with van der Waals surface area (Å²) in [4.78, 5) is 11.2. The number of ketones is 1. The Labute approximate surface area is 61.2 Å². The first-order valence-corrected chi connectivity index (χ1v) is 3.81. The summed E-state index contributed by atoms with van der Waals surface area (Å²) in [5, 5.41) is 8.65. The molecule has 0 aromatic rings. The van der Waals surface area contributed by atoms with Gasteiger partial charge in [-0.25, -0.2) is 0 Å². The maximum Gasteiger partial charge on any atom is 0.138 e. The summed E-state index contributed by atoms with van der Waals surface area (Å²) in [5.74, 6) is 0.931. The first-order chi connectivity index (χ1) is 4.66. The Bertz CT molecular complexity index is 140. The molecule has 2 nitrogen and oxygen atoms in total. The third kappa shape index (κ3) is 1.37. The van der Waals surface area contributed by atoms with Crippen LogP contribution in [-0.2, 0) is 4.79 Å². The maximum absolute atomic E-state index is 11.2. The minimum atomic E-state index is 0.140. The van der Waals surface area contributed by atoms with Crippen LogP contribution in [0.15, 0.2) is 0 Å². The molecule has 2 atom stereocenters. The third-order valence-corrected chi connectivity index (χ3v) is 2.09. The molecule has 0 saturated heterocycles. The van der Waals surface area contributed by atoms with Crippen molar-refractivity contribution in [2.75, 3.05) is 6.61 Å². The second-order valence-corrected chi connectivity index (χ2v) is 3.34. The fourth-order valence-corrected chi connectivity index (χ4v) is 1.23. The lowest BCUT2D eigenvalue weighted by atomic mass is 10.0. The van der Waals surface area contributed by atoms with Crippen LogP contribution in [-0.4, -0.2) is 17.5 Å². The maximum atomic E-state index is 11.2. The van der Waals surface area contributed by atoms with E-state index < -0.39 is 0 Å². The zero-order valence-electron chi connectivity index (χ0n) is 6.50.